The first-order valence-corrected chi connectivity index (χ1v) is 8.70. The van der Waals surface area contributed by atoms with E-state index in [0.29, 0.717) is 0 Å². The average Bonchev–Trinajstić information content (AvgIpc) is 3.28. The number of hydrogen-bond acceptors (Lipinski definition) is 5. The second kappa shape index (κ2) is 5.84. The van der Waals surface area contributed by atoms with E-state index in [2.05, 4.69) is 55.2 Å². The zero-order valence-corrected chi connectivity index (χ0v) is 14.2. The number of aromatic nitrogens is 4. The molecule has 5 rings (SSSR count). The first kappa shape index (κ1) is 14.9. The van der Waals surface area contributed by atoms with Crippen LogP contribution in [0.2, 0.25) is 0 Å². The summed E-state index contributed by atoms with van der Waals surface area (Å²) in [5.41, 5.74) is 3.85. The van der Waals surface area contributed by atoms with Gasteiger partial charge in [-0.3, -0.25) is 10.1 Å². The first-order valence-electron chi connectivity index (χ1n) is 8.70. The Balaban J connectivity index is 1.53. The Morgan fingerprint density at radius 3 is 2.96 bits per heavy atom. The van der Waals surface area contributed by atoms with Crippen LogP contribution in [-0.4, -0.2) is 26.7 Å². The predicted octanol–water partition coefficient (Wildman–Crippen LogP) is 4.36. The maximum absolute atomic E-state index is 4.60. The summed E-state index contributed by atoms with van der Waals surface area (Å²) >= 11 is 0. The highest BCUT2D eigenvalue weighted by Gasteiger charge is 2.19. The number of aromatic amines is 1. The minimum Gasteiger partial charge on any atom is -0.337 e. The Morgan fingerprint density at radius 2 is 2.08 bits per heavy atom. The summed E-state index contributed by atoms with van der Waals surface area (Å²) in [5.74, 6) is 1.71. The van der Waals surface area contributed by atoms with Crippen molar-refractivity contribution in [1.82, 2.24) is 20.2 Å². The van der Waals surface area contributed by atoms with Gasteiger partial charge < -0.3 is 10.2 Å². The fourth-order valence-electron chi connectivity index (χ4n) is 3.52. The van der Waals surface area contributed by atoms with Crippen molar-refractivity contribution in [2.75, 3.05) is 16.8 Å². The van der Waals surface area contributed by atoms with Gasteiger partial charge in [-0.1, -0.05) is 6.58 Å². The molecule has 1 fully saturated rings. The lowest BCUT2D eigenvalue weighted by molar-refractivity contribution is 0.948. The average molecular weight is 342 g/mol. The highest BCUT2D eigenvalue weighted by Crippen LogP contribution is 2.33. The van der Waals surface area contributed by atoms with Gasteiger partial charge in [-0.05, 0) is 54.6 Å². The van der Waals surface area contributed by atoms with Gasteiger partial charge in [0.1, 0.15) is 11.3 Å². The lowest BCUT2D eigenvalue weighted by atomic mass is 10.1. The number of pyridine rings is 2. The van der Waals surface area contributed by atoms with Gasteiger partial charge in [0.2, 0.25) is 0 Å². The van der Waals surface area contributed by atoms with E-state index >= 15 is 0 Å². The Labute approximate surface area is 150 Å². The Hall–Kier alpha value is -3.41. The summed E-state index contributed by atoms with van der Waals surface area (Å²) in [4.78, 5) is 11.2. The van der Waals surface area contributed by atoms with Crippen LogP contribution in [-0.2, 0) is 0 Å². The molecule has 0 unspecified atom stereocenters. The minimum absolute atomic E-state index is 0.724. The van der Waals surface area contributed by atoms with Crippen LogP contribution in [0, 0.1) is 0 Å². The van der Waals surface area contributed by atoms with Crippen LogP contribution in [0.3, 0.4) is 0 Å². The van der Waals surface area contributed by atoms with Gasteiger partial charge in [-0.2, -0.15) is 5.10 Å². The number of anilines is 3. The number of fused-ring (bicyclic) bond motifs is 2. The van der Waals surface area contributed by atoms with Crippen molar-refractivity contribution >= 4 is 39.1 Å². The third-order valence-electron chi connectivity index (χ3n) is 4.81. The molecule has 0 radical (unpaired) electrons. The van der Waals surface area contributed by atoms with Crippen LogP contribution in [0.15, 0.2) is 61.1 Å². The van der Waals surface area contributed by atoms with Crippen LogP contribution >= 0.6 is 0 Å². The van der Waals surface area contributed by atoms with E-state index in [4.69, 9.17) is 0 Å². The highest BCUT2D eigenvalue weighted by molar-refractivity contribution is 5.96. The monoisotopic (exact) mass is 342 g/mol. The van der Waals surface area contributed by atoms with Crippen LogP contribution < -0.4 is 10.2 Å². The van der Waals surface area contributed by atoms with E-state index in [1.165, 1.54) is 0 Å². The molecule has 0 bridgehead atoms. The standard InChI is InChI=1S/C20H18N6/c1-13-4-3-11-26(13)20-16-7-6-15(12-14(16)8-10-22-20)23-19-18-17(24-25-19)5-2-9-21-18/h2,5-10,12H,1,3-4,11H2,(H2,23,24,25). The quantitative estimate of drug-likeness (QED) is 0.579. The van der Waals surface area contributed by atoms with Crippen LogP contribution in [0.1, 0.15) is 12.8 Å². The fourth-order valence-corrected chi connectivity index (χ4v) is 3.52. The maximum atomic E-state index is 4.60. The maximum Gasteiger partial charge on any atom is 0.178 e. The van der Waals surface area contributed by atoms with E-state index in [1.807, 2.05) is 24.4 Å². The minimum atomic E-state index is 0.724. The molecule has 0 aliphatic carbocycles. The number of hydrogen-bond donors (Lipinski definition) is 2. The summed E-state index contributed by atoms with van der Waals surface area (Å²) in [6.45, 7) is 5.15. The Bertz CT molecular complexity index is 1130. The lowest BCUT2D eigenvalue weighted by Gasteiger charge is -2.20. The van der Waals surface area contributed by atoms with Crippen molar-refractivity contribution in [3.63, 3.8) is 0 Å². The summed E-state index contributed by atoms with van der Waals surface area (Å²) < 4.78 is 0. The van der Waals surface area contributed by atoms with E-state index in [9.17, 15) is 0 Å². The van der Waals surface area contributed by atoms with Gasteiger partial charge in [-0.15, -0.1) is 0 Å². The molecule has 6 nitrogen and oxygen atoms in total. The molecule has 1 saturated heterocycles. The number of rotatable bonds is 3. The Morgan fingerprint density at radius 1 is 1.12 bits per heavy atom. The number of H-pyrrole nitrogens is 1. The third-order valence-corrected chi connectivity index (χ3v) is 4.81. The molecular weight excluding hydrogens is 324 g/mol. The zero-order valence-electron chi connectivity index (χ0n) is 14.2. The van der Waals surface area contributed by atoms with Gasteiger partial charge in [0.15, 0.2) is 5.82 Å². The predicted molar refractivity (Wildman–Crippen MR) is 105 cm³/mol. The molecule has 4 aromatic rings. The van der Waals surface area contributed by atoms with Crippen molar-refractivity contribution < 1.29 is 0 Å². The van der Waals surface area contributed by atoms with Crippen molar-refractivity contribution in [2.24, 2.45) is 0 Å². The van der Waals surface area contributed by atoms with Gasteiger partial charge in [0.25, 0.3) is 0 Å². The van der Waals surface area contributed by atoms with Gasteiger partial charge in [0, 0.05) is 35.7 Å². The van der Waals surface area contributed by atoms with Crippen molar-refractivity contribution in [3.05, 3.63) is 61.1 Å². The van der Waals surface area contributed by atoms with E-state index < -0.39 is 0 Å². The molecule has 1 aromatic carbocycles. The summed E-state index contributed by atoms with van der Waals surface area (Å²) in [6, 6.07) is 12.2. The summed E-state index contributed by atoms with van der Waals surface area (Å²) in [6.07, 6.45) is 5.80. The zero-order chi connectivity index (χ0) is 17.5. The molecule has 1 aliphatic heterocycles. The molecule has 4 heterocycles. The molecule has 6 heteroatoms. The van der Waals surface area contributed by atoms with Crippen molar-refractivity contribution in [3.8, 4) is 0 Å². The molecule has 3 aromatic heterocycles. The number of nitrogens with one attached hydrogen (secondary N) is 2. The third kappa shape index (κ3) is 2.38. The normalized spacial score (nSPS) is 14.5. The van der Waals surface area contributed by atoms with Gasteiger partial charge >= 0.3 is 0 Å². The summed E-state index contributed by atoms with van der Waals surface area (Å²) in [5, 5.41) is 12.9. The molecular formula is C20H18N6. The number of benzene rings is 1. The van der Waals surface area contributed by atoms with Crippen LogP contribution in [0.5, 0.6) is 0 Å². The van der Waals surface area contributed by atoms with E-state index in [1.54, 1.807) is 6.20 Å². The molecule has 1 aliphatic rings. The van der Waals surface area contributed by atoms with Gasteiger partial charge in [0.05, 0.1) is 5.52 Å². The van der Waals surface area contributed by atoms with E-state index in [-0.39, 0.29) is 0 Å². The first-order chi connectivity index (χ1) is 12.8. The van der Waals surface area contributed by atoms with Crippen molar-refractivity contribution in [2.45, 2.75) is 12.8 Å². The highest BCUT2D eigenvalue weighted by atomic mass is 15.2. The molecule has 26 heavy (non-hydrogen) atoms. The molecule has 0 saturated carbocycles. The van der Waals surface area contributed by atoms with Crippen molar-refractivity contribution in [1.29, 1.82) is 0 Å². The van der Waals surface area contributed by atoms with E-state index in [0.717, 1.165) is 64.2 Å². The molecule has 128 valence electrons. The largest absolute Gasteiger partial charge is 0.337 e. The summed E-state index contributed by atoms with van der Waals surface area (Å²) in [7, 11) is 0. The number of nitrogens with zero attached hydrogens (tertiary/aromatic N) is 4. The fraction of sp³-hybridized carbons (Fsp3) is 0.150. The molecule has 0 atom stereocenters. The second-order valence-corrected chi connectivity index (χ2v) is 6.49. The topological polar surface area (TPSA) is 69.7 Å². The molecule has 0 amide bonds. The number of allylic oxidation sites excluding steroid dienone is 1. The van der Waals surface area contributed by atoms with Crippen LogP contribution in [0.4, 0.5) is 17.3 Å². The van der Waals surface area contributed by atoms with Gasteiger partial charge in [-0.25, -0.2) is 4.98 Å². The smallest absolute Gasteiger partial charge is 0.178 e. The van der Waals surface area contributed by atoms with Crippen LogP contribution in [0.25, 0.3) is 21.8 Å². The lowest BCUT2D eigenvalue weighted by Crippen LogP contribution is -2.17. The second-order valence-electron chi connectivity index (χ2n) is 6.49. The Kier molecular flexibility index (Phi) is 3.35. The molecule has 2 N–H and O–H groups in total. The SMILES string of the molecule is C=C1CCCN1c1nccc2cc(Nc3n[nH]c4cccnc34)ccc12. The molecule has 0 spiro atoms.